The molecule has 0 aromatic heterocycles. The molecule has 2 nitrogen and oxygen atoms in total. The predicted octanol–water partition coefficient (Wildman–Crippen LogP) is 4.79. The summed E-state index contributed by atoms with van der Waals surface area (Å²) in [6, 6.07) is 11.9. The fraction of sp³-hybridized carbons (Fsp3) is 0.188. The number of aryl methyl sites for hydroxylation is 1. The van der Waals surface area contributed by atoms with Crippen molar-refractivity contribution in [3.8, 4) is 0 Å². The Balaban J connectivity index is 2.21. The fourth-order valence-electron chi connectivity index (χ4n) is 1.96. The lowest BCUT2D eigenvalue weighted by atomic mass is 10.1. The summed E-state index contributed by atoms with van der Waals surface area (Å²) in [5, 5.41) is 2.88. The quantitative estimate of drug-likeness (QED) is 0.854. The highest BCUT2D eigenvalue weighted by molar-refractivity contribution is 9.10. The van der Waals surface area contributed by atoms with E-state index >= 15 is 0 Å². The van der Waals surface area contributed by atoms with Crippen molar-refractivity contribution in [2.45, 2.75) is 19.8 Å². The summed E-state index contributed by atoms with van der Waals surface area (Å²) in [6.45, 7) is 2.09. The van der Waals surface area contributed by atoms with Crippen LogP contribution in [0, 0.1) is 5.82 Å². The van der Waals surface area contributed by atoms with Gasteiger partial charge in [-0.25, -0.2) is 4.39 Å². The largest absolute Gasteiger partial charge is 0.322 e. The third-order valence-corrected chi connectivity index (χ3v) is 3.57. The molecule has 0 bridgehead atoms. The first-order chi connectivity index (χ1) is 9.61. The molecule has 1 amide bonds. The minimum Gasteiger partial charge on any atom is -0.322 e. The molecule has 0 atom stereocenters. The summed E-state index contributed by atoms with van der Waals surface area (Å²) in [6.07, 6.45) is 1.92. The molecule has 2 rings (SSSR count). The van der Waals surface area contributed by atoms with Crippen molar-refractivity contribution in [3.05, 3.63) is 63.9 Å². The molecule has 0 aliphatic rings. The monoisotopic (exact) mass is 335 g/mol. The highest BCUT2D eigenvalue weighted by Gasteiger charge is 2.10. The highest BCUT2D eigenvalue weighted by Crippen LogP contribution is 2.20. The van der Waals surface area contributed by atoms with Crippen LogP contribution in [0.2, 0.25) is 0 Å². The molecule has 2 aromatic carbocycles. The van der Waals surface area contributed by atoms with E-state index in [-0.39, 0.29) is 16.2 Å². The van der Waals surface area contributed by atoms with Gasteiger partial charge in [0, 0.05) is 11.3 Å². The molecule has 4 heteroatoms. The molecule has 20 heavy (non-hydrogen) atoms. The molecule has 1 N–H and O–H groups in total. The molecule has 0 aliphatic heterocycles. The number of benzene rings is 2. The average Bonchev–Trinajstić information content (AvgIpc) is 2.44. The smallest absolute Gasteiger partial charge is 0.255 e. The van der Waals surface area contributed by atoms with Crippen molar-refractivity contribution in [1.82, 2.24) is 0 Å². The molecule has 0 saturated heterocycles. The highest BCUT2D eigenvalue weighted by atomic mass is 79.9. The van der Waals surface area contributed by atoms with Crippen LogP contribution in [0.3, 0.4) is 0 Å². The van der Waals surface area contributed by atoms with E-state index in [2.05, 4.69) is 28.2 Å². The molecular formula is C16H15BrFNO. The van der Waals surface area contributed by atoms with Gasteiger partial charge in [-0.1, -0.05) is 31.5 Å². The van der Waals surface area contributed by atoms with Gasteiger partial charge in [-0.05, 0) is 52.2 Å². The third-order valence-electron chi connectivity index (χ3n) is 2.97. The first-order valence-electron chi connectivity index (χ1n) is 6.46. The number of rotatable bonds is 4. The lowest BCUT2D eigenvalue weighted by Gasteiger charge is -2.10. The topological polar surface area (TPSA) is 29.1 Å². The molecule has 0 fully saturated rings. The zero-order valence-corrected chi connectivity index (χ0v) is 12.7. The van der Waals surface area contributed by atoms with Crippen LogP contribution in [0.25, 0.3) is 0 Å². The van der Waals surface area contributed by atoms with Crippen molar-refractivity contribution >= 4 is 27.5 Å². The number of hydrogen-bond acceptors (Lipinski definition) is 1. The summed E-state index contributed by atoms with van der Waals surface area (Å²) in [5.74, 6) is -0.623. The minimum atomic E-state index is -0.382. The Morgan fingerprint density at radius 2 is 2.00 bits per heavy atom. The second kappa shape index (κ2) is 6.66. The van der Waals surface area contributed by atoms with E-state index in [1.807, 2.05) is 24.3 Å². The van der Waals surface area contributed by atoms with Crippen molar-refractivity contribution < 1.29 is 9.18 Å². The molecule has 104 valence electrons. The van der Waals surface area contributed by atoms with Gasteiger partial charge in [0.25, 0.3) is 5.91 Å². The van der Waals surface area contributed by atoms with Crippen molar-refractivity contribution in [1.29, 1.82) is 0 Å². The van der Waals surface area contributed by atoms with Gasteiger partial charge >= 0.3 is 0 Å². The second-order valence-electron chi connectivity index (χ2n) is 4.49. The zero-order valence-electron chi connectivity index (χ0n) is 11.1. The van der Waals surface area contributed by atoms with Gasteiger partial charge in [-0.3, -0.25) is 4.79 Å². The van der Waals surface area contributed by atoms with Crippen LogP contribution in [0.5, 0.6) is 0 Å². The van der Waals surface area contributed by atoms with Crippen LogP contribution >= 0.6 is 15.9 Å². The number of amides is 1. The second-order valence-corrected chi connectivity index (χ2v) is 5.34. The first-order valence-corrected chi connectivity index (χ1v) is 7.25. The Morgan fingerprint density at radius 3 is 2.70 bits per heavy atom. The maximum Gasteiger partial charge on any atom is 0.255 e. The number of nitrogens with one attached hydrogen (secondary N) is 1. The Morgan fingerprint density at radius 1 is 1.25 bits per heavy atom. The van der Waals surface area contributed by atoms with E-state index in [0.29, 0.717) is 5.56 Å². The summed E-state index contributed by atoms with van der Waals surface area (Å²) >= 11 is 3.08. The van der Waals surface area contributed by atoms with Gasteiger partial charge in [0.15, 0.2) is 0 Å². The van der Waals surface area contributed by atoms with Gasteiger partial charge in [0.05, 0.1) is 4.47 Å². The van der Waals surface area contributed by atoms with E-state index in [4.69, 9.17) is 0 Å². The Kier molecular flexibility index (Phi) is 4.90. The molecular weight excluding hydrogens is 321 g/mol. The van der Waals surface area contributed by atoms with Gasteiger partial charge in [-0.15, -0.1) is 0 Å². The van der Waals surface area contributed by atoms with E-state index in [1.54, 1.807) is 0 Å². The van der Waals surface area contributed by atoms with E-state index < -0.39 is 0 Å². The molecule has 0 saturated carbocycles. The number of para-hydroxylation sites is 1. The van der Waals surface area contributed by atoms with Crippen molar-refractivity contribution in [3.63, 3.8) is 0 Å². The average molecular weight is 336 g/mol. The number of halogens is 2. The van der Waals surface area contributed by atoms with Crippen LogP contribution in [0.1, 0.15) is 29.3 Å². The first kappa shape index (κ1) is 14.7. The van der Waals surface area contributed by atoms with E-state index in [9.17, 15) is 9.18 Å². The Bertz CT molecular complexity index is 628. The van der Waals surface area contributed by atoms with Crippen LogP contribution in [-0.2, 0) is 6.42 Å². The van der Waals surface area contributed by atoms with Crippen molar-refractivity contribution in [2.24, 2.45) is 0 Å². The molecule has 0 unspecified atom stereocenters. The van der Waals surface area contributed by atoms with Gasteiger partial charge in [0.2, 0.25) is 0 Å². The van der Waals surface area contributed by atoms with E-state index in [1.165, 1.54) is 18.2 Å². The van der Waals surface area contributed by atoms with E-state index in [0.717, 1.165) is 24.1 Å². The van der Waals surface area contributed by atoms with Crippen molar-refractivity contribution in [2.75, 3.05) is 5.32 Å². The zero-order chi connectivity index (χ0) is 14.5. The molecule has 2 aromatic rings. The molecule has 0 spiro atoms. The molecule has 0 radical (unpaired) electrons. The van der Waals surface area contributed by atoms with Crippen LogP contribution in [0.15, 0.2) is 46.9 Å². The standard InChI is InChI=1S/C16H15BrFNO/c1-2-5-11-6-3-4-7-15(11)19-16(20)12-8-9-14(18)13(17)10-12/h3-4,6-10H,2,5H2,1H3,(H,19,20). The number of anilines is 1. The van der Waals surface area contributed by atoms with Gasteiger partial charge < -0.3 is 5.32 Å². The fourth-order valence-corrected chi connectivity index (χ4v) is 2.34. The summed E-state index contributed by atoms with van der Waals surface area (Å²) in [4.78, 5) is 12.2. The normalized spacial score (nSPS) is 10.3. The number of carbonyl (C=O) groups excluding carboxylic acids is 1. The van der Waals surface area contributed by atoms with Crippen LogP contribution < -0.4 is 5.32 Å². The third kappa shape index (κ3) is 3.45. The minimum absolute atomic E-state index is 0.241. The number of hydrogen-bond donors (Lipinski definition) is 1. The lowest BCUT2D eigenvalue weighted by molar-refractivity contribution is 0.102. The van der Waals surface area contributed by atoms with Crippen LogP contribution in [0.4, 0.5) is 10.1 Å². The maximum atomic E-state index is 13.2. The number of carbonyl (C=O) groups is 1. The maximum absolute atomic E-state index is 13.2. The lowest BCUT2D eigenvalue weighted by Crippen LogP contribution is -2.13. The van der Waals surface area contributed by atoms with Gasteiger partial charge in [0.1, 0.15) is 5.82 Å². The summed E-state index contributed by atoms with van der Waals surface area (Å²) in [5.41, 5.74) is 2.33. The summed E-state index contributed by atoms with van der Waals surface area (Å²) < 4.78 is 13.5. The Hall–Kier alpha value is -1.68. The molecule has 0 heterocycles. The summed E-state index contributed by atoms with van der Waals surface area (Å²) in [7, 11) is 0. The SMILES string of the molecule is CCCc1ccccc1NC(=O)c1ccc(F)c(Br)c1. The van der Waals surface area contributed by atoms with Gasteiger partial charge in [-0.2, -0.15) is 0 Å². The van der Waals surface area contributed by atoms with Crippen LogP contribution in [-0.4, -0.2) is 5.91 Å². The predicted molar refractivity (Wildman–Crippen MR) is 82.5 cm³/mol. The Labute approximate surface area is 126 Å². The molecule has 0 aliphatic carbocycles.